The van der Waals surface area contributed by atoms with Crippen molar-refractivity contribution >= 4 is 99.0 Å². The summed E-state index contributed by atoms with van der Waals surface area (Å²) in [6.07, 6.45) is -0.373. The van der Waals surface area contributed by atoms with E-state index in [0.29, 0.717) is 10.7 Å². The Kier molecular flexibility index (Phi) is 7.81. The lowest BCUT2D eigenvalue weighted by Crippen LogP contribution is -2.32. The van der Waals surface area contributed by atoms with Gasteiger partial charge in [0.1, 0.15) is 0 Å². The summed E-state index contributed by atoms with van der Waals surface area (Å²) in [6, 6.07) is 4.44. The Morgan fingerprint density at radius 3 is 1.94 bits per heavy atom. The number of esters is 1. The van der Waals surface area contributed by atoms with Crippen LogP contribution in [0.4, 0.5) is 5.69 Å². The average Bonchev–Trinajstić information content (AvgIpc) is 3.00. The predicted molar refractivity (Wildman–Crippen MR) is 123 cm³/mol. The van der Waals surface area contributed by atoms with E-state index in [1.165, 1.54) is 18.2 Å². The summed E-state index contributed by atoms with van der Waals surface area (Å²) in [7, 11) is 0. The van der Waals surface area contributed by atoms with E-state index >= 15 is 0 Å². The highest BCUT2D eigenvalue weighted by Gasteiger charge is 2.41. The van der Waals surface area contributed by atoms with E-state index in [1.807, 2.05) is 0 Å². The van der Waals surface area contributed by atoms with E-state index < -0.39 is 30.3 Å². The average molecular weight is 559 g/mol. The maximum Gasteiger partial charge on any atom is 0.308 e. The molecule has 7 nitrogen and oxygen atoms in total. The molecular formula is C19H10Cl6N2O5. The molecule has 0 unspecified atom stereocenters. The number of hydrogen-bond donors (Lipinski definition) is 1. The minimum atomic E-state index is -0.820. The fraction of sp³-hybridized carbons (Fsp3) is 0.158. The van der Waals surface area contributed by atoms with Gasteiger partial charge in [-0.15, -0.1) is 0 Å². The number of halogens is 6. The molecule has 0 aromatic heterocycles. The second-order valence-corrected chi connectivity index (χ2v) is 8.68. The molecule has 2 aromatic rings. The minimum absolute atomic E-state index is 0.160. The molecule has 0 radical (unpaired) electrons. The molecule has 1 heterocycles. The molecule has 2 aromatic carbocycles. The van der Waals surface area contributed by atoms with Crippen molar-refractivity contribution in [3.8, 4) is 0 Å². The lowest BCUT2D eigenvalue weighted by molar-refractivity contribution is -0.147. The second kappa shape index (κ2) is 10.0. The molecule has 0 fully saturated rings. The van der Waals surface area contributed by atoms with Crippen molar-refractivity contribution in [1.29, 1.82) is 0 Å². The van der Waals surface area contributed by atoms with Gasteiger partial charge in [0.05, 0.1) is 47.7 Å². The molecule has 3 rings (SSSR count). The van der Waals surface area contributed by atoms with Crippen molar-refractivity contribution in [3.63, 3.8) is 0 Å². The molecule has 13 heteroatoms. The fourth-order valence-electron chi connectivity index (χ4n) is 2.79. The first-order valence-electron chi connectivity index (χ1n) is 8.65. The maximum atomic E-state index is 12.6. The van der Waals surface area contributed by atoms with Crippen LogP contribution in [0.5, 0.6) is 0 Å². The van der Waals surface area contributed by atoms with Crippen LogP contribution >= 0.6 is 69.6 Å². The van der Waals surface area contributed by atoms with E-state index in [-0.39, 0.29) is 49.2 Å². The fourth-order valence-corrected chi connectivity index (χ4v) is 4.10. The number of ether oxygens (including phenoxy) is 1. The van der Waals surface area contributed by atoms with Crippen molar-refractivity contribution in [1.82, 2.24) is 4.90 Å². The normalized spacial score (nSPS) is 12.8. The second-order valence-electron chi connectivity index (χ2n) is 6.36. The summed E-state index contributed by atoms with van der Waals surface area (Å²) in [4.78, 5) is 49.9. The molecule has 0 bridgehead atoms. The highest BCUT2D eigenvalue weighted by molar-refractivity contribution is 6.55. The number of carbonyl (C=O) groups is 4. The molecule has 168 valence electrons. The van der Waals surface area contributed by atoms with Crippen LogP contribution in [0.1, 0.15) is 27.1 Å². The standard InChI is InChI=1S/C19H10Cl6N2O5/c20-8-2-1-7(5-9(8)21)26-10(28)6-32-11(29)3-4-27-18(30)12-13(19(27)31)15(23)17(25)16(24)14(12)22/h1-2,5H,3-4,6H2,(H,26,28). The van der Waals surface area contributed by atoms with Gasteiger partial charge in [-0.2, -0.15) is 0 Å². The summed E-state index contributed by atoms with van der Waals surface area (Å²) < 4.78 is 4.87. The van der Waals surface area contributed by atoms with Crippen LogP contribution in [0.3, 0.4) is 0 Å². The SMILES string of the molecule is O=C(COC(=O)CCN1C(=O)c2c(Cl)c(Cl)c(Cl)c(Cl)c2C1=O)Nc1ccc(Cl)c(Cl)c1. The zero-order valence-corrected chi connectivity index (χ0v) is 20.1. The third-order valence-electron chi connectivity index (χ3n) is 4.29. The Morgan fingerprint density at radius 1 is 0.844 bits per heavy atom. The maximum absolute atomic E-state index is 12.6. The van der Waals surface area contributed by atoms with Gasteiger partial charge in [0.25, 0.3) is 17.7 Å². The molecule has 3 amide bonds. The van der Waals surface area contributed by atoms with Crippen molar-refractivity contribution in [3.05, 3.63) is 59.5 Å². The number of fused-ring (bicyclic) bond motifs is 1. The Hall–Kier alpha value is -1.74. The van der Waals surface area contributed by atoms with Crippen molar-refractivity contribution < 1.29 is 23.9 Å². The predicted octanol–water partition coefficient (Wildman–Crippen LogP) is 5.78. The molecule has 0 aliphatic carbocycles. The Labute approximate surface area is 211 Å². The van der Waals surface area contributed by atoms with Gasteiger partial charge in [0.2, 0.25) is 0 Å². The zero-order valence-electron chi connectivity index (χ0n) is 15.6. The summed E-state index contributed by atoms with van der Waals surface area (Å²) in [5.41, 5.74) is -0.0200. The molecule has 1 aliphatic heterocycles. The number of imide groups is 1. The van der Waals surface area contributed by atoms with Gasteiger partial charge in [-0.1, -0.05) is 69.6 Å². The van der Waals surface area contributed by atoms with E-state index in [9.17, 15) is 19.2 Å². The number of benzene rings is 2. The van der Waals surface area contributed by atoms with Gasteiger partial charge in [-0.05, 0) is 18.2 Å². The lowest BCUT2D eigenvalue weighted by Gasteiger charge is -2.13. The first kappa shape index (κ1) is 24.9. The summed E-state index contributed by atoms with van der Waals surface area (Å²) in [6.45, 7) is -0.925. The van der Waals surface area contributed by atoms with Crippen LogP contribution in [0.15, 0.2) is 18.2 Å². The lowest BCUT2D eigenvalue weighted by atomic mass is 10.1. The largest absolute Gasteiger partial charge is 0.456 e. The molecular weight excluding hydrogens is 549 g/mol. The quantitative estimate of drug-likeness (QED) is 0.210. The zero-order chi connectivity index (χ0) is 23.7. The van der Waals surface area contributed by atoms with E-state index in [2.05, 4.69) is 5.32 Å². The van der Waals surface area contributed by atoms with E-state index in [0.717, 1.165) is 4.90 Å². The van der Waals surface area contributed by atoms with Gasteiger partial charge < -0.3 is 10.1 Å². The minimum Gasteiger partial charge on any atom is -0.456 e. The number of hydrogen-bond acceptors (Lipinski definition) is 5. The molecule has 1 N–H and O–H groups in total. The highest BCUT2D eigenvalue weighted by atomic mass is 35.5. The summed E-state index contributed by atoms with van der Waals surface area (Å²) in [5.74, 6) is -3.00. The van der Waals surface area contributed by atoms with E-state index in [1.54, 1.807) is 0 Å². The van der Waals surface area contributed by atoms with Crippen molar-refractivity contribution in [2.45, 2.75) is 6.42 Å². The summed E-state index contributed by atoms with van der Waals surface area (Å²) >= 11 is 35.6. The third kappa shape index (κ3) is 4.93. The highest BCUT2D eigenvalue weighted by Crippen LogP contribution is 2.44. The molecule has 32 heavy (non-hydrogen) atoms. The van der Waals surface area contributed by atoms with Crippen LogP contribution < -0.4 is 5.32 Å². The number of nitrogens with one attached hydrogen (secondary N) is 1. The van der Waals surface area contributed by atoms with Crippen LogP contribution in [-0.4, -0.2) is 41.7 Å². The van der Waals surface area contributed by atoms with Crippen LogP contribution in [0, 0.1) is 0 Å². The number of rotatable bonds is 6. The van der Waals surface area contributed by atoms with Gasteiger partial charge >= 0.3 is 5.97 Å². The number of amides is 3. The van der Waals surface area contributed by atoms with Crippen molar-refractivity contribution in [2.24, 2.45) is 0 Å². The van der Waals surface area contributed by atoms with Crippen molar-refractivity contribution in [2.75, 3.05) is 18.5 Å². The molecule has 0 atom stereocenters. The number of nitrogens with zero attached hydrogens (tertiary/aromatic N) is 1. The van der Waals surface area contributed by atoms with E-state index in [4.69, 9.17) is 74.3 Å². The Morgan fingerprint density at radius 2 is 1.41 bits per heavy atom. The topological polar surface area (TPSA) is 92.8 Å². The first-order chi connectivity index (χ1) is 15.0. The van der Waals surface area contributed by atoms with Crippen LogP contribution in [0.2, 0.25) is 30.1 Å². The number of anilines is 1. The molecule has 0 saturated carbocycles. The smallest absolute Gasteiger partial charge is 0.308 e. The molecule has 0 spiro atoms. The summed E-state index contributed by atoms with van der Waals surface area (Å²) in [5, 5.41) is 2.30. The van der Waals surface area contributed by atoms with Crippen LogP contribution in [0.25, 0.3) is 0 Å². The Bertz CT molecular complexity index is 1120. The third-order valence-corrected chi connectivity index (χ3v) is 6.83. The first-order valence-corrected chi connectivity index (χ1v) is 10.9. The number of carbonyl (C=O) groups excluding carboxylic acids is 4. The van der Waals surface area contributed by atoms with Gasteiger partial charge in [-0.25, -0.2) is 0 Å². The van der Waals surface area contributed by atoms with Crippen LogP contribution in [-0.2, 0) is 14.3 Å². The van der Waals surface area contributed by atoms with Gasteiger partial charge in [-0.3, -0.25) is 24.1 Å². The molecule has 0 saturated heterocycles. The monoisotopic (exact) mass is 556 g/mol. The van der Waals surface area contributed by atoms with Gasteiger partial charge in [0.15, 0.2) is 6.61 Å². The van der Waals surface area contributed by atoms with Gasteiger partial charge in [0, 0.05) is 12.2 Å². The molecule has 1 aliphatic rings. The Balaban J connectivity index is 1.57.